The number of aromatic nitrogens is 2. The van der Waals surface area contributed by atoms with Gasteiger partial charge in [-0.3, -0.25) is 0 Å². The van der Waals surface area contributed by atoms with Crippen molar-refractivity contribution in [3.05, 3.63) is 17.7 Å². The van der Waals surface area contributed by atoms with Crippen molar-refractivity contribution < 1.29 is 0 Å². The van der Waals surface area contributed by atoms with E-state index in [1.807, 2.05) is 6.20 Å². The SMILES string of the molecule is CCN(c1cnc(C(C)C)nc1CN)C(C)CN(C)C. The highest BCUT2D eigenvalue weighted by molar-refractivity contribution is 5.50. The number of nitrogens with zero attached hydrogens (tertiary/aromatic N) is 4. The number of anilines is 1. The highest BCUT2D eigenvalue weighted by Gasteiger charge is 2.18. The summed E-state index contributed by atoms with van der Waals surface area (Å²) in [7, 11) is 4.18. The second kappa shape index (κ2) is 7.55. The second-order valence-corrected chi connectivity index (χ2v) is 5.82. The smallest absolute Gasteiger partial charge is 0.131 e. The van der Waals surface area contributed by atoms with Gasteiger partial charge in [-0.05, 0) is 27.9 Å². The number of rotatable bonds is 7. The Morgan fingerprint density at radius 1 is 1.25 bits per heavy atom. The lowest BCUT2D eigenvalue weighted by Crippen LogP contribution is -2.41. The van der Waals surface area contributed by atoms with Gasteiger partial charge in [-0.1, -0.05) is 13.8 Å². The number of likely N-dealkylation sites (N-methyl/N-ethyl adjacent to an activating group) is 2. The van der Waals surface area contributed by atoms with Crippen molar-refractivity contribution in [1.29, 1.82) is 0 Å². The maximum Gasteiger partial charge on any atom is 0.131 e. The molecule has 0 aromatic carbocycles. The molecule has 0 fully saturated rings. The Kier molecular flexibility index (Phi) is 6.36. The van der Waals surface area contributed by atoms with Crippen LogP contribution in [-0.2, 0) is 6.54 Å². The number of hydrogen-bond donors (Lipinski definition) is 1. The molecule has 0 saturated heterocycles. The molecule has 20 heavy (non-hydrogen) atoms. The maximum atomic E-state index is 5.89. The summed E-state index contributed by atoms with van der Waals surface area (Å²) in [4.78, 5) is 13.6. The Labute approximate surface area is 123 Å². The Morgan fingerprint density at radius 3 is 2.35 bits per heavy atom. The van der Waals surface area contributed by atoms with Crippen LogP contribution in [0.15, 0.2) is 6.20 Å². The van der Waals surface area contributed by atoms with Gasteiger partial charge < -0.3 is 15.5 Å². The van der Waals surface area contributed by atoms with Crippen molar-refractivity contribution >= 4 is 5.69 Å². The summed E-state index contributed by atoms with van der Waals surface area (Å²) < 4.78 is 0. The molecule has 1 heterocycles. The van der Waals surface area contributed by atoms with Crippen molar-refractivity contribution in [3.8, 4) is 0 Å². The summed E-state index contributed by atoms with van der Waals surface area (Å²) in [5.41, 5.74) is 7.89. The zero-order valence-electron chi connectivity index (χ0n) is 13.7. The predicted molar refractivity (Wildman–Crippen MR) is 85.0 cm³/mol. The van der Waals surface area contributed by atoms with E-state index in [1.165, 1.54) is 0 Å². The van der Waals surface area contributed by atoms with E-state index in [0.29, 0.717) is 18.5 Å². The second-order valence-electron chi connectivity index (χ2n) is 5.82. The first-order valence-electron chi connectivity index (χ1n) is 7.37. The largest absolute Gasteiger partial charge is 0.365 e. The van der Waals surface area contributed by atoms with Crippen LogP contribution in [0.3, 0.4) is 0 Å². The molecular weight excluding hydrogens is 250 g/mol. The van der Waals surface area contributed by atoms with Gasteiger partial charge in [0.25, 0.3) is 0 Å². The third kappa shape index (κ3) is 4.15. The normalized spacial score (nSPS) is 13.1. The molecule has 0 radical (unpaired) electrons. The lowest BCUT2D eigenvalue weighted by Gasteiger charge is -2.33. The zero-order valence-corrected chi connectivity index (χ0v) is 13.7. The molecule has 2 N–H and O–H groups in total. The lowest BCUT2D eigenvalue weighted by molar-refractivity contribution is 0.372. The Bertz CT molecular complexity index is 417. The molecule has 0 saturated carbocycles. The number of hydrogen-bond acceptors (Lipinski definition) is 5. The number of nitrogens with two attached hydrogens (primary N) is 1. The van der Waals surface area contributed by atoms with Gasteiger partial charge in [-0.25, -0.2) is 9.97 Å². The third-order valence-electron chi connectivity index (χ3n) is 3.39. The van der Waals surface area contributed by atoms with Crippen LogP contribution in [-0.4, -0.2) is 48.1 Å². The van der Waals surface area contributed by atoms with Crippen molar-refractivity contribution in [2.24, 2.45) is 5.73 Å². The minimum absolute atomic E-state index is 0.323. The Balaban J connectivity index is 3.08. The van der Waals surface area contributed by atoms with Gasteiger partial charge >= 0.3 is 0 Å². The average Bonchev–Trinajstić information content (AvgIpc) is 2.38. The summed E-state index contributed by atoms with van der Waals surface area (Å²) in [5.74, 6) is 1.19. The summed E-state index contributed by atoms with van der Waals surface area (Å²) in [6, 6.07) is 0.397. The Hall–Kier alpha value is -1.20. The van der Waals surface area contributed by atoms with Crippen molar-refractivity contribution in [3.63, 3.8) is 0 Å². The molecule has 0 aliphatic rings. The fraction of sp³-hybridized carbons (Fsp3) is 0.733. The van der Waals surface area contributed by atoms with E-state index in [2.05, 4.69) is 61.6 Å². The monoisotopic (exact) mass is 279 g/mol. The van der Waals surface area contributed by atoms with Crippen LogP contribution < -0.4 is 10.6 Å². The van der Waals surface area contributed by atoms with Gasteiger partial charge in [0.2, 0.25) is 0 Å². The lowest BCUT2D eigenvalue weighted by atomic mass is 10.1. The quantitative estimate of drug-likeness (QED) is 0.825. The van der Waals surface area contributed by atoms with Crippen molar-refractivity contribution in [1.82, 2.24) is 14.9 Å². The van der Waals surface area contributed by atoms with E-state index in [0.717, 1.165) is 30.3 Å². The van der Waals surface area contributed by atoms with Crippen molar-refractivity contribution in [2.75, 3.05) is 32.1 Å². The summed E-state index contributed by atoms with van der Waals surface area (Å²) in [6.07, 6.45) is 1.93. The molecule has 1 aromatic rings. The molecular formula is C15H29N5. The van der Waals surface area contributed by atoms with E-state index in [9.17, 15) is 0 Å². The van der Waals surface area contributed by atoms with E-state index in [-0.39, 0.29) is 0 Å². The van der Waals surface area contributed by atoms with Gasteiger partial charge in [0.15, 0.2) is 0 Å². The first-order valence-corrected chi connectivity index (χ1v) is 7.37. The molecule has 0 bridgehead atoms. The van der Waals surface area contributed by atoms with E-state index >= 15 is 0 Å². The van der Waals surface area contributed by atoms with E-state index in [4.69, 9.17) is 5.73 Å². The van der Waals surface area contributed by atoms with Crippen LogP contribution in [0.2, 0.25) is 0 Å². The molecule has 0 aliphatic carbocycles. The molecule has 5 heteroatoms. The molecule has 1 atom stereocenters. The van der Waals surface area contributed by atoms with Crippen molar-refractivity contribution in [2.45, 2.75) is 46.2 Å². The minimum atomic E-state index is 0.323. The van der Waals surface area contributed by atoms with Crippen LogP contribution in [0, 0.1) is 0 Å². The topological polar surface area (TPSA) is 58.3 Å². The fourth-order valence-electron chi connectivity index (χ4n) is 2.44. The fourth-order valence-corrected chi connectivity index (χ4v) is 2.44. The first kappa shape index (κ1) is 16.9. The molecule has 1 aromatic heterocycles. The molecule has 0 aliphatic heterocycles. The van der Waals surface area contributed by atoms with Gasteiger partial charge in [-0.2, -0.15) is 0 Å². The van der Waals surface area contributed by atoms with Gasteiger partial charge in [0, 0.05) is 31.6 Å². The Morgan fingerprint density at radius 2 is 1.90 bits per heavy atom. The molecule has 0 spiro atoms. The predicted octanol–water partition coefficient (Wildman–Crippen LogP) is 1.84. The summed E-state index contributed by atoms with van der Waals surface area (Å²) >= 11 is 0. The van der Waals surface area contributed by atoms with Crippen LogP contribution in [0.1, 0.15) is 45.1 Å². The van der Waals surface area contributed by atoms with Gasteiger partial charge in [0.05, 0.1) is 17.6 Å². The van der Waals surface area contributed by atoms with Crippen LogP contribution in [0.25, 0.3) is 0 Å². The first-order chi connectivity index (χ1) is 9.40. The van der Waals surface area contributed by atoms with Crippen LogP contribution in [0.5, 0.6) is 0 Å². The highest BCUT2D eigenvalue weighted by Crippen LogP contribution is 2.22. The molecule has 114 valence electrons. The van der Waals surface area contributed by atoms with Gasteiger partial charge in [0.1, 0.15) is 5.82 Å². The average molecular weight is 279 g/mol. The molecule has 5 nitrogen and oxygen atoms in total. The third-order valence-corrected chi connectivity index (χ3v) is 3.39. The standard InChI is InChI=1S/C15H29N5/c1-7-20(12(4)10-19(5)6)14-9-17-15(11(2)3)18-13(14)8-16/h9,11-12H,7-8,10,16H2,1-6H3. The molecule has 0 amide bonds. The van der Waals surface area contributed by atoms with Crippen LogP contribution in [0.4, 0.5) is 5.69 Å². The van der Waals surface area contributed by atoms with E-state index < -0.39 is 0 Å². The summed E-state index contributed by atoms with van der Waals surface area (Å²) in [6.45, 7) is 10.9. The zero-order chi connectivity index (χ0) is 15.3. The molecule has 1 rings (SSSR count). The van der Waals surface area contributed by atoms with Crippen LogP contribution >= 0.6 is 0 Å². The highest BCUT2D eigenvalue weighted by atomic mass is 15.2. The molecule has 1 unspecified atom stereocenters. The minimum Gasteiger partial charge on any atom is -0.365 e. The van der Waals surface area contributed by atoms with E-state index in [1.54, 1.807) is 0 Å². The summed E-state index contributed by atoms with van der Waals surface area (Å²) in [5, 5.41) is 0. The maximum absolute atomic E-state index is 5.89. The van der Waals surface area contributed by atoms with Gasteiger partial charge in [-0.15, -0.1) is 0 Å².